The largest absolute Gasteiger partial charge is 0.486 e. The van der Waals surface area contributed by atoms with Crippen molar-refractivity contribution in [3.63, 3.8) is 0 Å². The van der Waals surface area contributed by atoms with Gasteiger partial charge in [-0.3, -0.25) is 0 Å². The summed E-state index contributed by atoms with van der Waals surface area (Å²) < 4.78 is 11.0. The van der Waals surface area contributed by atoms with Gasteiger partial charge in [0.05, 0.1) is 0 Å². The van der Waals surface area contributed by atoms with Crippen LogP contribution in [0, 0.1) is 17.8 Å². The molecule has 0 radical (unpaired) electrons. The van der Waals surface area contributed by atoms with Gasteiger partial charge >= 0.3 is 0 Å². The van der Waals surface area contributed by atoms with Crippen LogP contribution in [0.5, 0.6) is 0 Å². The summed E-state index contributed by atoms with van der Waals surface area (Å²) in [5.74, 6) is 4.21. The Morgan fingerprint density at radius 2 is 1.58 bits per heavy atom. The molecule has 2 nitrogen and oxygen atoms in total. The first-order chi connectivity index (χ1) is 5.86. The highest BCUT2D eigenvalue weighted by Gasteiger charge is 2.47. The summed E-state index contributed by atoms with van der Waals surface area (Å²) in [6.45, 7) is 3.69. The van der Waals surface area contributed by atoms with Crippen LogP contribution in [0.4, 0.5) is 0 Å². The molecule has 0 aromatic carbocycles. The zero-order valence-corrected chi connectivity index (χ0v) is 7.12. The zero-order chi connectivity index (χ0) is 8.13. The van der Waals surface area contributed by atoms with E-state index in [2.05, 4.69) is 19.1 Å². The standard InChI is InChI=1S/C10H12O2/c1-6-7-4-9-10(5-8(6)7)12-3-2-11-9/h4-8H,2-3H2,1H3. The van der Waals surface area contributed by atoms with E-state index in [9.17, 15) is 0 Å². The van der Waals surface area contributed by atoms with Gasteiger partial charge in [-0.05, 0) is 29.9 Å². The van der Waals surface area contributed by atoms with E-state index >= 15 is 0 Å². The third kappa shape index (κ3) is 0.752. The number of allylic oxidation sites excluding steroid dienone is 2. The molecule has 64 valence electrons. The van der Waals surface area contributed by atoms with Crippen molar-refractivity contribution in [2.45, 2.75) is 6.92 Å². The number of hydrogen-bond donors (Lipinski definition) is 0. The SMILES string of the molecule is CC1C2C=C3OCCOC3=CC12. The Balaban J connectivity index is 1.94. The molecule has 0 N–H and O–H groups in total. The van der Waals surface area contributed by atoms with E-state index in [1.807, 2.05) is 0 Å². The van der Waals surface area contributed by atoms with E-state index in [0.29, 0.717) is 13.2 Å². The lowest BCUT2D eigenvalue weighted by Crippen LogP contribution is -2.15. The maximum absolute atomic E-state index is 5.50. The summed E-state index contributed by atoms with van der Waals surface area (Å²) in [6.07, 6.45) is 4.45. The highest BCUT2D eigenvalue weighted by atomic mass is 16.6. The lowest BCUT2D eigenvalue weighted by Gasteiger charge is -2.22. The Labute approximate surface area is 71.9 Å². The van der Waals surface area contributed by atoms with E-state index in [0.717, 1.165) is 29.3 Å². The fraction of sp³-hybridized carbons (Fsp3) is 0.600. The van der Waals surface area contributed by atoms with Gasteiger partial charge < -0.3 is 9.47 Å². The van der Waals surface area contributed by atoms with Gasteiger partial charge in [0, 0.05) is 0 Å². The van der Waals surface area contributed by atoms with E-state index in [4.69, 9.17) is 9.47 Å². The number of rotatable bonds is 0. The molecule has 3 aliphatic rings. The first kappa shape index (κ1) is 6.58. The van der Waals surface area contributed by atoms with E-state index in [1.165, 1.54) is 0 Å². The second-order valence-corrected chi connectivity index (χ2v) is 3.77. The van der Waals surface area contributed by atoms with Crippen molar-refractivity contribution < 1.29 is 9.47 Å². The molecule has 0 aromatic rings. The molecule has 3 rings (SSSR count). The molecule has 2 aliphatic carbocycles. The molecule has 1 saturated carbocycles. The molecule has 2 unspecified atom stereocenters. The Hall–Kier alpha value is -0.920. The average Bonchev–Trinajstić information content (AvgIpc) is 2.74. The van der Waals surface area contributed by atoms with Crippen molar-refractivity contribution in [3.05, 3.63) is 23.7 Å². The molecule has 0 spiro atoms. The van der Waals surface area contributed by atoms with Crippen molar-refractivity contribution in [2.24, 2.45) is 17.8 Å². The monoisotopic (exact) mass is 164 g/mol. The van der Waals surface area contributed by atoms with Crippen LogP contribution in [0.2, 0.25) is 0 Å². The van der Waals surface area contributed by atoms with Crippen LogP contribution < -0.4 is 0 Å². The second-order valence-electron chi connectivity index (χ2n) is 3.77. The van der Waals surface area contributed by atoms with Crippen LogP contribution in [-0.2, 0) is 9.47 Å². The van der Waals surface area contributed by atoms with Crippen LogP contribution in [-0.4, -0.2) is 13.2 Å². The highest BCUT2D eigenvalue weighted by Crippen LogP contribution is 2.52. The molecule has 2 fully saturated rings. The van der Waals surface area contributed by atoms with Gasteiger partial charge in [-0.25, -0.2) is 0 Å². The molecule has 1 saturated heterocycles. The average molecular weight is 164 g/mol. The Morgan fingerprint density at radius 3 is 2.08 bits per heavy atom. The van der Waals surface area contributed by atoms with E-state index in [1.54, 1.807) is 0 Å². The molecule has 2 atom stereocenters. The lowest BCUT2D eigenvalue weighted by atomic mass is 10.1. The number of hydrogen-bond acceptors (Lipinski definition) is 2. The molecule has 0 aromatic heterocycles. The molecule has 2 heteroatoms. The fourth-order valence-electron chi connectivity index (χ4n) is 2.11. The van der Waals surface area contributed by atoms with Gasteiger partial charge in [-0.2, -0.15) is 0 Å². The minimum Gasteiger partial charge on any atom is -0.486 e. The Kier molecular flexibility index (Phi) is 1.13. The second kappa shape index (κ2) is 2.06. The van der Waals surface area contributed by atoms with Crippen LogP contribution in [0.1, 0.15) is 6.92 Å². The summed E-state index contributed by atoms with van der Waals surface area (Å²) >= 11 is 0. The Morgan fingerprint density at radius 1 is 1.08 bits per heavy atom. The summed E-state index contributed by atoms with van der Waals surface area (Å²) in [4.78, 5) is 0. The van der Waals surface area contributed by atoms with Crippen LogP contribution >= 0.6 is 0 Å². The molecule has 12 heavy (non-hydrogen) atoms. The quantitative estimate of drug-likeness (QED) is 0.542. The topological polar surface area (TPSA) is 18.5 Å². The summed E-state index contributed by atoms with van der Waals surface area (Å²) in [7, 11) is 0. The maximum Gasteiger partial charge on any atom is 0.157 e. The summed E-state index contributed by atoms with van der Waals surface area (Å²) in [5, 5.41) is 0. The molecule has 1 heterocycles. The van der Waals surface area contributed by atoms with Crippen molar-refractivity contribution >= 4 is 0 Å². The fourth-order valence-corrected chi connectivity index (χ4v) is 2.11. The molecular weight excluding hydrogens is 152 g/mol. The van der Waals surface area contributed by atoms with Crippen molar-refractivity contribution in [2.75, 3.05) is 13.2 Å². The van der Waals surface area contributed by atoms with Gasteiger partial charge in [0.15, 0.2) is 11.5 Å². The van der Waals surface area contributed by atoms with Gasteiger partial charge in [0.2, 0.25) is 0 Å². The van der Waals surface area contributed by atoms with Crippen LogP contribution in [0.3, 0.4) is 0 Å². The summed E-state index contributed by atoms with van der Waals surface area (Å²) in [6, 6.07) is 0. The first-order valence-electron chi connectivity index (χ1n) is 4.56. The molecule has 1 aliphatic heterocycles. The third-order valence-corrected chi connectivity index (χ3v) is 3.05. The lowest BCUT2D eigenvalue weighted by molar-refractivity contribution is 0.0567. The van der Waals surface area contributed by atoms with Gasteiger partial charge in [-0.15, -0.1) is 0 Å². The molecule has 0 bridgehead atoms. The highest BCUT2D eigenvalue weighted by molar-refractivity contribution is 5.34. The Bertz CT molecular complexity index is 250. The molecule has 0 amide bonds. The van der Waals surface area contributed by atoms with Crippen LogP contribution in [0.15, 0.2) is 23.7 Å². The maximum atomic E-state index is 5.50. The molecular formula is C10H12O2. The third-order valence-electron chi connectivity index (χ3n) is 3.05. The first-order valence-corrected chi connectivity index (χ1v) is 4.56. The smallest absolute Gasteiger partial charge is 0.157 e. The minimum atomic E-state index is 0.703. The van der Waals surface area contributed by atoms with Crippen molar-refractivity contribution in [1.82, 2.24) is 0 Å². The number of ether oxygens (including phenoxy) is 2. The zero-order valence-electron chi connectivity index (χ0n) is 7.12. The predicted octanol–water partition coefficient (Wildman–Crippen LogP) is 1.70. The van der Waals surface area contributed by atoms with E-state index in [-0.39, 0.29) is 0 Å². The normalized spacial score (nSPS) is 42.6. The minimum absolute atomic E-state index is 0.703. The predicted molar refractivity (Wildman–Crippen MR) is 44.2 cm³/mol. The number of fused-ring (bicyclic) bond motifs is 2. The van der Waals surface area contributed by atoms with Gasteiger partial charge in [0.25, 0.3) is 0 Å². The van der Waals surface area contributed by atoms with Gasteiger partial charge in [-0.1, -0.05) is 6.92 Å². The van der Waals surface area contributed by atoms with Crippen molar-refractivity contribution in [3.8, 4) is 0 Å². The van der Waals surface area contributed by atoms with Crippen LogP contribution in [0.25, 0.3) is 0 Å². The van der Waals surface area contributed by atoms with Gasteiger partial charge in [0.1, 0.15) is 13.2 Å². The van der Waals surface area contributed by atoms with Crippen molar-refractivity contribution in [1.29, 1.82) is 0 Å². The van der Waals surface area contributed by atoms with E-state index < -0.39 is 0 Å². The summed E-state index contributed by atoms with van der Waals surface area (Å²) in [5.41, 5.74) is 0.